The number of hydrogen-bond acceptors (Lipinski definition) is 3. The van der Waals surface area contributed by atoms with Crippen molar-refractivity contribution in [3.05, 3.63) is 0 Å². The molecule has 0 aromatic heterocycles. The van der Waals surface area contributed by atoms with Crippen LogP contribution in [0.15, 0.2) is 0 Å². The fourth-order valence-electron chi connectivity index (χ4n) is 3.00. The first kappa shape index (κ1) is 10.7. The van der Waals surface area contributed by atoms with Gasteiger partial charge in [0.1, 0.15) is 6.61 Å². The number of cyclic esters (lactones) is 1. The van der Waals surface area contributed by atoms with Gasteiger partial charge in [0, 0.05) is 6.54 Å². The molecule has 2 atom stereocenters. The Labute approximate surface area is 90.8 Å². The van der Waals surface area contributed by atoms with E-state index in [4.69, 9.17) is 10.5 Å². The monoisotopic (exact) mass is 212 g/mol. The van der Waals surface area contributed by atoms with Crippen LogP contribution in [0.1, 0.15) is 32.6 Å². The fraction of sp³-hybridized carbons (Fsp3) is 0.909. The molecule has 4 heteroatoms. The molecule has 2 aliphatic rings. The highest BCUT2D eigenvalue weighted by Gasteiger charge is 2.44. The summed E-state index contributed by atoms with van der Waals surface area (Å²) in [5, 5.41) is 0. The first-order valence-electron chi connectivity index (χ1n) is 5.82. The van der Waals surface area contributed by atoms with E-state index in [-0.39, 0.29) is 11.6 Å². The maximum atomic E-state index is 11.6. The molecule has 0 radical (unpaired) electrons. The van der Waals surface area contributed by atoms with Crippen molar-refractivity contribution < 1.29 is 9.53 Å². The second-order valence-electron chi connectivity index (χ2n) is 4.90. The molecule has 0 bridgehead atoms. The van der Waals surface area contributed by atoms with Gasteiger partial charge in [-0.15, -0.1) is 0 Å². The molecule has 2 N–H and O–H groups in total. The van der Waals surface area contributed by atoms with Gasteiger partial charge >= 0.3 is 6.09 Å². The highest BCUT2D eigenvalue weighted by atomic mass is 16.6. The number of ether oxygens (including phenoxy) is 1. The van der Waals surface area contributed by atoms with Crippen LogP contribution < -0.4 is 5.73 Å². The fourth-order valence-corrected chi connectivity index (χ4v) is 3.00. The third-order valence-electron chi connectivity index (χ3n) is 3.78. The van der Waals surface area contributed by atoms with E-state index in [1.165, 1.54) is 12.8 Å². The third kappa shape index (κ3) is 1.83. The number of nitrogens with zero attached hydrogens (tertiary/aromatic N) is 1. The van der Waals surface area contributed by atoms with Crippen LogP contribution in [0.25, 0.3) is 0 Å². The zero-order chi connectivity index (χ0) is 10.9. The maximum Gasteiger partial charge on any atom is 0.410 e. The molecule has 1 saturated carbocycles. The Balaban J connectivity index is 2.16. The molecule has 1 aliphatic carbocycles. The van der Waals surface area contributed by atoms with Gasteiger partial charge < -0.3 is 10.5 Å². The number of carbonyl (C=O) groups excluding carboxylic acids is 1. The SMILES string of the molecule is CC1CCCC(CN)(N2CCOC2=O)C1. The van der Waals surface area contributed by atoms with Crippen molar-refractivity contribution in [2.75, 3.05) is 19.7 Å². The highest BCUT2D eigenvalue weighted by Crippen LogP contribution is 2.37. The number of amides is 1. The summed E-state index contributed by atoms with van der Waals surface area (Å²) in [4.78, 5) is 13.5. The minimum absolute atomic E-state index is 0.120. The lowest BCUT2D eigenvalue weighted by molar-refractivity contribution is 0.0716. The lowest BCUT2D eigenvalue weighted by Gasteiger charge is -2.44. The number of carbonyl (C=O) groups is 1. The number of nitrogens with two attached hydrogens (primary N) is 1. The summed E-state index contributed by atoms with van der Waals surface area (Å²) in [5.74, 6) is 0.663. The standard InChI is InChI=1S/C11H20N2O2/c1-9-3-2-4-11(7-9,8-12)13-5-6-15-10(13)14/h9H,2-8,12H2,1H3. The van der Waals surface area contributed by atoms with Gasteiger partial charge in [0.15, 0.2) is 0 Å². The Morgan fingerprint density at radius 2 is 2.47 bits per heavy atom. The van der Waals surface area contributed by atoms with Crippen LogP contribution in [0.5, 0.6) is 0 Å². The first-order chi connectivity index (χ1) is 7.18. The molecule has 4 nitrogen and oxygen atoms in total. The van der Waals surface area contributed by atoms with Crippen molar-refractivity contribution in [3.63, 3.8) is 0 Å². The molecule has 0 spiro atoms. The van der Waals surface area contributed by atoms with E-state index in [2.05, 4.69) is 6.92 Å². The van der Waals surface area contributed by atoms with Gasteiger partial charge in [-0.3, -0.25) is 4.90 Å². The van der Waals surface area contributed by atoms with Crippen molar-refractivity contribution in [2.24, 2.45) is 11.7 Å². The van der Waals surface area contributed by atoms with Crippen molar-refractivity contribution in [3.8, 4) is 0 Å². The van der Waals surface area contributed by atoms with E-state index in [1.807, 2.05) is 4.90 Å². The normalized spacial score (nSPS) is 36.8. The van der Waals surface area contributed by atoms with E-state index < -0.39 is 0 Å². The first-order valence-corrected chi connectivity index (χ1v) is 5.82. The van der Waals surface area contributed by atoms with Crippen molar-refractivity contribution in [2.45, 2.75) is 38.1 Å². The predicted molar refractivity (Wildman–Crippen MR) is 57.5 cm³/mol. The van der Waals surface area contributed by atoms with Crippen LogP contribution in [0.4, 0.5) is 4.79 Å². The minimum Gasteiger partial charge on any atom is -0.448 e. The minimum atomic E-state index is -0.172. The Morgan fingerprint density at radius 1 is 1.67 bits per heavy atom. The van der Waals surface area contributed by atoms with Crippen LogP contribution >= 0.6 is 0 Å². The molecule has 1 heterocycles. The molecule has 1 aliphatic heterocycles. The van der Waals surface area contributed by atoms with E-state index in [0.29, 0.717) is 25.6 Å². The molecule has 86 valence electrons. The summed E-state index contributed by atoms with van der Waals surface area (Å²) in [7, 11) is 0. The second-order valence-corrected chi connectivity index (χ2v) is 4.90. The average Bonchev–Trinajstić information content (AvgIpc) is 2.65. The van der Waals surface area contributed by atoms with Crippen LogP contribution in [0, 0.1) is 5.92 Å². The van der Waals surface area contributed by atoms with Crippen molar-refractivity contribution >= 4 is 6.09 Å². The largest absolute Gasteiger partial charge is 0.448 e. The van der Waals surface area contributed by atoms with Crippen LogP contribution in [-0.2, 0) is 4.74 Å². The summed E-state index contributed by atoms with van der Waals surface area (Å²) in [6.07, 6.45) is 4.31. The summed E-state index contributed by atoms with van der Waals surface area (Å²) < 4.78 is 5.01. The van der Waals surface area contributed by atoms with Gasteiger partial charge in [-0.1, -0.05) is 19.8 Å². The third-order valence-corrected chi connectivity index (χ3v) is 3.78. The van der Waals surface area contributed by atoms with Gasteiger partial charge in [-0.05, 0) is 18.8 Å². The lowest BCUT2D eigenvalue weighted by Crippen LogP contribution is -2.56. The van der Waals surface area contributed by atoms with Crippen LogP contribution in [0.3, 0.4) is 0 Å². The summed E-state index contributed by atoms with van der Waals surface area (Å²) in [6, 6.07) is 0. The Bertz CT molecular complexity index is 257. The van der Waals surface area contributed by atoms with Crippen molar-refractivity contribution in [1.82, 2.24) is 4.90 Å². The molecular weight excluding hydrogens is 192 g/mol. The molecule has 1 saturated heterocycles. The quantitative estimate of drug-likeness (QED) is 0.751. The summed E-state index contributed by atoms with van der Waals surface area (Å²) in [5.41, 5.74) is 5.77. The highest BCUT2D eigenvalue weighted by molar-refractivity contribution is 5.70. The molecule has 2 unspecified atom stereocenters. The Kier molecular flexibility index (Phi) is 2.87. The lowest BCUT2D eigenvalue weighted by atomic mass is 9.75. The smallest absolute Gasteiger partial charge is 0.410 e. The van der Waals surface area contributed by atoms with E-state index in [9.17, 15) is 4.79 Å². The Morgan fingerprint density at radius 3 is 3.00 bits per heavy atom. The number of rotatable bonds is 2. The summed E-state index contributed by atoms with van der Waals surface area (Å²) >= 11 is 0. The molecule has 0 aromatic carbocycles. The zero-order valence-corrected chi connectivity index (χ0v) is 9.37. The van der Waals surface area contributed by atoms with Gasteiger partial charge in [-0.2, -0.15) is 0 Å². The summed E-state index contributed by atoms with van der Waals surface area (Å²) in [6.45, 7) is 4.04. The molecule has 2 fully saturated rings. The van der Waals surface area contributed by atoms with Gasteiger partial charge in [-0.25, -0.2) is 4.79 Å². The van der Waals surface area contributed by atoms with E-state index >= 15 is 0 Å². The van der Waals surface area contributed by atoms with Gasteiger partial charge in [0.05, 0.1) is 12.1 Å². The molecule has 15 heavy (non-hydrogen) atoms. The maximum absolute atomic E-state index is 11.6. The van der Waals surface area contributed by atoms with Gasteiger partial charge in [0.2, 0.25) is 0 Å². The zero-order valence-electron chi connectivity index (χ0n) is 9.37. The predicted octanol–water partition coefficient (Wildman–Crippen LogP) is 1.35. The van der Waals surface area contributed by atoms with Gasteiger partial charge in [0.25, 0.3) is 0 Å². The average molecular weight is 212 g/mol. The Hall–Kier alpha value is -0.770. The number of hydrogen-bond donors (Lipinski definition) is 1. The van der Waals surface area contributed by atoms with Crippen LogP contribution in [0.2, 0.25) is 0 Å². The van der Waals surface area contributed by atoms with E-state index in [0.717, 1.165) is 12.8 Å². The molecule has 0 aromatic rings. The van der Waals surface area contributed by atoms with Crippen molar-refractivity contribution in [1.29, 1.82) is 0 Å². The topological polar surface area (TPSA) is 55.6 Å². The molecule has 2 rings (SSSR count). The second kappa shape index (κ2) is 4.00. The molecule has 1 amide bonds. The molecular formula is C11H20N2O2. The van der Waals surface area contributed by atoms with E-state index in [1.54, 1.807) is 0 Å². The van der Waals surface area contributed by atoms with Crippen LogP contribution in [-0.4, -0.2) is 36.2 Å².